The number of carbonyl (C=O) groups is 2. The van der Waals surface area contributed by atoms with Gasteiger partial charge in [-0.2, -0.15) is 0 Å². The second-order valence-corrected chi connectivity index (χ2v) is 4.64. The second-order valence-electron chi connectivity index (χ2n) is 4.64. The van der Waals surface area contributed by atoms with Crippen LogP contribution in [0.25, 0.3) is 0 Å². The molecule has 0 aliphatic carbocycles. The Hall–Kier alpha value is -1.78. The van der Waals surface area contributed by atoms with Crippen LogP contribution in [0.5, 0.6) is 0 Å². The summed E-state index contributed by atoms with van der Waals surface area (Å²) >= 11 is 0. The fraction of sp³-hybridized carbons (Fsp3) is 0.500. The molecule has 2 heterocycles. The van der Waals surface area contributed by atoms with Gasteiger partial charge < -0.3 is 14.6 Å². The highest BCUT2D eigenvalue weighted by Gasteiger charge is 2.37. The highest BCUT2D eigenvalue weighted by Crippen LogP contribution is 2.24. The van der Waals surface area contributed by atoms with Gasteiger partial charge in [0.25, 0.3) is 5.91 Å². The Kier molecular flexibility index (Phi) is 2.92. The summed E-state index contributed by atoms with van der Waals surface area (Å²) in [6, 6.07) is 3.56. The molecule has 92 valence electrons. The minimum atomic E-state index is -0.820. The summed E-state index contributed by atoms with van der Waals surface area (Å²) in [5.41, 5.74) is 0.600. The van der Waals surface area contributed by atoms with Crippen LogP contribution in [0.1, 0.15) is 17.4 Å². The van der Waals surface area contributed by atoms with Gasteiger partial charge in [-0.3, -0.25) is 9.59 Å². The van der Waals surface area contributed by atoms with Crippen molar-refractivity contribution >= 4 is 11.9 Å². The Morgan fingerprint density at radius 1 is 1.41 bits per heavy atom. The molecule has 0 aromatic carbocycles. The van der Waals surface area contributed by atoms with E-state index >= 15 is 0 Å². The van der Waals surface area contributed by atoms with Gasteiger partial charge >= 0.3 is 5.97 Å². The van der Waals surface area contributed by atoms with E-state index in [1.54, 1.807) is 34.8 Å². The summed E-state index contributed by atoms with van der Waals surface area (Å²) in [4.78, 5) is 24.8. The molecule has 0 bridgehead atoms. The molecule has 5 nitrogen and oxygen atoms in total. The number of carbonyl (C=O) groups excluding carboxylic acids is 1. The lowest BCUT2D eigenvalue weighted by Crippen LogP contribution is -2.31. The molecule has 1 fully saturated rings. The van der Waals surface area contributed by atoms with Crippen LogP contribution in [-0.2, 0) is 11.8 Å². The van der Waals surface area contributed by atoms with Gasteiger partial charge in [-0.25, -0.2) is 0 Å². The van der Waals surface area contributed by atoms with Gasteiger partial charge in [0.1, 0.15) is 5.69 Å². The smallest absolute Gasteiger partial charge is 0.308 e. The summed E-state index contributed by atoms with van der Waals surface area (Å²) in [5, 5.41) is 9.03. The Morgan fingerprint density at radius 3 is 2.59 bits per heavy atom. The van der Waals surface area contributed by atoms with Crippen molar-refractivity contribution in [3.63, 3.8) is 0 Å². The number of rotatable bonds is 2. The maximum Gasteiger partial charge on any atom is 0.308 e. The van der Waals surface area contributed by atoms with Gasteiger partial charge in [0.15, 0.2) is 0 Å². The van der Waals surface area contributed by atoms with Crippen LogP contribution < -0.4 is 0 Å². The molecule has 5 heteroatoms. The Labute approximate surface area is 99.6 Å². The number of aryl methyl sites for hydroxylation is 1. The predicted molar refractivity (Wildman–Crippen MR) is 61.6 cm³/mol. The van der Waals surface area contributed by atoms with Crippen molar-refractivity contribution in [1.82, 2.24) is 9.47 Å². The summed E-state index contributed by atoms with van der Waals surface area (Å²) in [5.74, 6) is -1.34. The monoisotopic (exact) mass is 236 g/mol. The van der Waals surface area contributed by atoms with Crippen molar-refractivity contribution in [1.29, 1.82) is 0 Å². The number of likely N-dealkylation sites (tertiary alicyclic amines) is 1. The van der Waals surface area contributed by atoms with Gasteiger partial charge in [-0.1, -0.05) is 6.92 Å². The molecule has 1 amide bonds. The summed E-state index contributed by atoms with van der Waals surface area (Å²) in [6.07, 6.45) is 1.81. The highest BCUT2D eigenvalue weighted by atomic mass is 16.4. The molecule has 2 rings (SSSR count). The maximum atomic E-state index is 12.2. The largest absolute Gasteiger partial charge is 0.481 e. The van der Waals surface area contributed by atoms with E-state index in [1.165, 1.54) is 0 Å². The van der Waals surface area contributed by atoms with E-state index in [-0.39, 0.29) is 11.8 Å². The summed E-state index contributed by atoms with van der Waals surface area (Å²) in [7, 11) is 1.81. The van der Waals surface area contributed by atoms with Gasteiger partial charge in [-0.05, 0) is 18.1 Å². The minimum absolute atomic E-state index is 0.0109. The number of hydrogen-bond acceptors (Lipinski definition) is 2. The van der Waals surface area contributed by atoms with Crippen LogP contribution in [0, 0.1) is 11.8 Å². The molecule has 2 atom stereocenters. The average molecular weight is 236 g/mol. The molecule has 0 saturated carbocycles. The third-order valence-electron chi connectivity index (χ3n) is 3.38. The lowest BCUT2D eigenvalue weighted by Gasteiger charge is -2.16. The Bertz CT molecular complexity index is 452. The topological polar surface area (TPSA) is 62.5 Å². The third kappa shape index (κ3) is 2.05. The molecule has 1 saturated heterocycles. The second kappa shape index (κ2) is 4.24. The Balaban J connectivity index is 2.13. The van der Waals surface area contributed by atoms with Crippen molar-refractivity contribution in [2.24, 2.45) is 18.9 Å². The summed E-state index contributed by atoms with van der Waals surface area (Å²) in [6.45, 7) is 2.69. The molecule has 0 spiro atoms. The standard InChI is InChI=1S/C12H16N2O3/c1-8-6-14(7-9(8)12(16)17)11(15)10-4-3-5-13(10)2/h3-5,8-9H,6-7H2,1-2H3,(H,16,17). The van der Waals surface area contributed by atoms with Gasteiger partial charge in [0.05, 0.1) is 5.92 Å². The molecule has 2 unspecified atom stereocenters. The number of amides is 1. The average Bonchev–Trinajstić information content (AvgIpc) is 2.83. The van der Waals surface area contributed by atoms with Crippen LogP contribution in [0.2, 0.25) is 0 Å². The fourth-order valence-electron chi connectivity index (χ4n) is 2.30. The van der Waals surface area contributed by atoms with E-state index in [1.807, 2.05) is 6.92 Å². The predicted octanol–water partition coefficient (Wildman–Crippen LogP) is 0.818. The van der Waals surface area contributed by atoms with Gasteiger partial charge in [0.2, 0.25) is 0 Å². The van der Waals surface area contributed by atoms with Crippen molar-refractivity contribution < 1.29 is 14.7 Å². The maximum absolute atomic E-state index is 12.2. The minimum Gasteiger partial charge on any atom is -0.481 e. The van der Waals surface area contributed by atoms with Crippen LogP contribution in [0.4, 0.5) is 0 Å². The number of carboxylic acid groups (broad SMARTS) is 1. The van der Waals surface area contributed by atoms with E-state index in [2.05, 4.69) is 0 Å². The molecular formula is C12H16N2O3. The van der Waals surface area contributed by atoms with Gasteiger partial charge in [-0.15, -0.1) is 0 Å². The molecule has 1 aromatic rings. The van der Waals surface area contributed by atoms with Crippen molar-refractivity contribution in [2.75, 3.05) is 13.1 Å². The quantitative estimate of drug-likeness (QED) is 0.826. The normalized spacial score (nSPS) is 24.0. The lowest BCUT2D eigenvalue weighted by atomic mass is 9.99. The fourth-order valence-corrected chi connectivity index (χ4v) is 2.30. The molecule has 1 aliphatic rings. The first kappa shape index (κ1) is 11.7. The number of nitrogens with zero attached hydrogens (tertiary/aromatic N) is 2. The van der Waals surface area contributed by atoms with Crippen LogP contribution >= 0.6 is 0 Å². The first-order valence-corrected chi connectivity index (χ1v) is 5.64. The van der Waals surface area contributed by atoms with Crippen molar-refractivity contribution in [3.8, 4) is 0 Å². The highest BCUT2D eigenvalue weighted by molar-refractivity contribution is 5.93. The third-order valence-corrected chi connectivity index (χ3v) is 3.38. The van der Waals surface area contributed by atoms with Crippen molar-refractivity contribution in [2.45, 2.75) is 6.92 Å². The zero-order valence-electron chi connectivity index (χ0n) is 9.96. The first-order chi connectivity index (χ1) is 8.00. The van der Waals surface area contributed by atoms with Crippen LogP contribution in [0.15, 0.2) is 18.3 Å². The van der Waals surface area contributed by atoms with E-state index in [0.29, 0.717) is 18.8 Å². The zero-order chi connectivity index (χ0) is 12.6. The molecule has 1 aromatic heterocycles. The SMILES string of the molecule is CC1CN(C(=O)c2cccn2C)CC1C(=O)O. The van der Waals surface area contributed by atoms with Crippen LogP contribution in [0.3, 0.4) is 0 Å². The summed E-state index contributed by atoms with van der Waals surface area (Å²) < 4.78 is 1.75. The first-order valence-electron chi connectivity index (χ1n) is 5.64. The number of carboxylic acids is 1. The number of aliphatic carboxylic acids is 1. The van der Waals surface area contributed by atoms with Crippen molar-refractivity contribution in [3.05, 3.63) is 24.0 Å². The van der Waals surface area contributed by atoms with E-state index < -0.39 is 11.9 Å². The molecular weight excluding hydrogens is 220 g/mol. The zero-order valence-corrected chi connectivity index (χ0v) is 9.96. The van der Waals surface area contributed by atoms with E-state index in [4.69, 9.17) is 5.11 Å². The Morgan fingerprint density at radius 2 is 2.12 bits per heavy atom. The molecule has 17 heavy (non-hydrogen) atoms. The van der Waals surface area contributed by atoms with E-state index in [9.17, 15) is 9.59 Å². The number of aromatic nitrogens is 1. The van der Waals surface area contributed by atoms with E-state index in [0.717, 1.165) is 0 Å². The molecule has 1 N–H and O–H groups in total. The molecule has 0 radical (unpaired) electrons. The van der Waals surface area contributed by atoms with Gasteiger partial charge in [0, 0.05) is 26.3 Å². The lowest BCUT2D eigenvalue weighted by molar-refractivity contribution is -0.142. The van der Waals surface area contributed by atoms with Crippen LogP contribution in [-0.4, -0.2) is 39.5 Å². The number of hydrogen-bond donors (Lipinski definition) is 1. The molecule has 1 aliphatic heterocycles.